The van der Waals surface area contributed by atoms with Gasteiger partial charge in [-0.05, 0) is 24.3 Å². The lowest BCUT2D eigenvalue weighted by Gasteiger charge is -2.14. The van der Waals surface area contributed by atoms with Crippen molar-refractivity contribution in [3.63, 3.8) is 0 Å². The molecule has 0 bridgehead atoms. The molecule has 2 aromatic carbocycles. The van der Waals surface area contributed by atoms with Crippen LogP contribution in [0.2, 0.25) is 5.02 Å². The minimum Gasteiger partial charge on any atom is -0.507 e. The van der Waals surface area contributed by atoms with Crippen LogP contribution in [0.4, 0.5) is 13.2 Å². The van der Waals surface area contributed by atoms with Crippen LogP contribution in [0, 0.1) is 0 Å². The van der Waals surface area contributed by atoms with Crippen molar-refractivity contribution in [2.45, 2.75) is 6.36 Å². The number of para-hydroxylation sites is 1. The predicted molar refractivity (Wildman–Crippen MR) is 65.2 cm³/mol. The van der Waals surface area contributed by atoms with Gasteiger partial charge in [-0.25, -0.2) is 0 Å². The van der Waals surface area contributed by atoms with Crippen LogP contribution < -0.4 is 4.74 Å². The Kier molecular flexibility index (Phi) is 3.57. The van der Waals surface area contributed by atoms with Gasteiger partial charge in [-0.3, -0.25) is 0 Å². The SMILES string of the molecule is Oc1ccc(Cl)cc1-c1ccccc1OC(F)(F)F. The van der Waals surface area contributed by atoms with Crippen molar-refractivity contribution in [2.75, 3.05) is 0 Å². The summed E-state index contributed by atoms with van der Waals surface area (Å²) < 4.78 is 40.8. The van der Waals surface area contributed by atoms with Crippen LogP contribution in [0.5, 0.6) is 11.5 Å². The number of phenols is 1. The summed E-state index contributed by atoms with van der Waals surface area (Å²) in [7, 11) is 0. The molecule has 100 valence electrons. The molecule has 6 heteroatoms. The lowest BCUT2D eigenvalue weighted by molar-refractivity contribution is -0.274. The van der Waals surface area contributed by atoms with Gasteiger partial charge in [0.1, 0.15) is 11.5 Å². The van der Waals surface area contributed by atoms with Crippen LogP contribution in [0.15, 0.2) is 42.5 Å². The average Bonchev–Trinajstić information content (AvgIpc) is 2.31. The van der Waals surface area contributed by atoms with E-state index in [1.54, 1.807) is 6.07 Å². The molecule has 19 heavy (non-hydrogen) atoms. The summed E-state index contributed by atoms with van der Waals surface area (Å²) in [5, 5.41) is 10.0. The zero-order valence-electron chi connectivity index (χ0n) is 9.41. The Morgan fingerprint density at radius 1 is 1.00 bits per heavy atom. The fraction of sp³-hybridized carbons (Fsp3) is 0.0769. The second kappa shape index (κ2) is 5.01. The third-order valence-electron chi connectivity index (χ3n) is 2.36. The first-order valence-electron chi connectivity index (χ1n) is 5.20. The van der Waals surface area contributed by atoms with Crippen molar-refractivity contribution in [1.29, 1.82) is 0 Å². The molecule has 2 rings (SSSR count). The Morgan fingerprint density at radius 3 is 2.37 bits per heavy atom. The average molecular weight is 289 g/mol. The van der Waals surface area contributed by atoms with E-state index >= 15 is 0 Å². The molecule has 0 aliphatic heterocycles. The number of benzene rings is 2. The Labute approximate surface area is 112 Å². The molecule has 0 aliphatic carbocycles. The van der Waals surface area contributed by atoms with E-state index in [9.17, 15) is 18.3 Å². The molecule has 0 aromatic heterocycles. The largest absolute Gasteiger partial charge is 0.573 e. The highest BCUT2D eigenvalue weighted by Gasteiger charge is 2.32. The highest BCUT2D eigenvalue weighted by molar-refractivity contribution is 6.31. The van der Waals surface area contributed by atoms with E-state index in [2.05, 4.69) is 4.74 Å². The first-order chi connectivity index (χ1) is 8.87. The molecular weight excluding hydrogens is 281 g/mol. The van der Waals surface area contributed by atoms with E-state index in [1.165, 1.54) is 36.4 Å². The predicted octanol–water partition coefficient (Wildman–Crippen LogP) is 4.61. The third kappa shape index (κ3) is 3.32. The number of alkyl halides is 3. The molecule has 0 spiro atoms. The number of hydrogen-bond donors (Lipinski definition) is 1. The number of hydrogen-bond acceptors (Lipinski definition) is 2. The highest BCUT2D eigenvalue weighted by Crippen LogP contribution is 2.39. The Morgan fingerprint density at radius 2 is 1.68 bits per heavy atom. The number of ether oxygens (including phenoxy) is 1. The lowest BCUT2D eigenvalue weighted by Crippen LogP contribution is -2.17. The maximum Gasteiger partial charge on any atom is 0.573 e. The molecule has 2 nitrogen and oxygen atoms in total. The minimum absolute atomic E-state index is 0.111. The molecule has 1 N–H and O–H groups in total. The Hall–Kier alpha value is -1.88. The first-order valence-corrected chi connectivity index (χ1v) is 5.58. The van der Waals surface area contributed by atoms with Gasteiger partial charge in [-0.15, -0.1) is 13.2 Å². The van der Waals surface area contributed by atoms with Crippen molar-refractivity contribution < 1.29 is 23.0 Å². The summed E-state index contributed by atoms with van der Waals surface area (Å²) in [6.07, 6.45) is -4.80. The van der Waals surface area contributed by atoms with E-state index in [4.69, 9.17) is 11.6 Å². The monoisotopic (exact) mass is 288 g/mol. The summed E-state index contributed by atoms with van der Waals surface area (Å²) >= 11 is 5.78. The van der Waals surface area contributed by atoms with Crippen LogP contribution in [0.1, 0.15) is 0 Å². The molecule has 0 aliphatic rings. The third-order valence-corrected chi connectivity index (χ3v) is 2.60. The molecule has 0 radical (unpaired) electrons. The fourth-order valence-electron chi connectivity index (χ4n) is 1.63. The Bertz CT molecular complexity index is 597. The number of rotatable bonds is 2. The molecule has 0 fully saturated rings. The van der Waals surface area contributed by atoms with Crippen LogP contribution in [-0.2, 0) is 0 Å². The van der Waals surface area contributed by atoms with Crippen LogP contribution >= 0.6 is 11.6 Å². The zero-order valence-corrected chi connectivity index (χ0v) is 10.2. The number of aromatic hydroxyl groups is 1. The van der Waals surface area contributed by atoms with Gasteiger partial charge in [-0.1, -0.05) is 29.8 Å². The van der Waals surface area contributed by atoms with Crippen molar-refractivity contribution in [2.24, 2.45) is 0 Å². The molecule has 0 atom stereocenters. The van der Waals surface area contributed by atoms with Gasteiger partial charge in [-0.2, -0.15) is 0 Å². The summed E-state index contributed by atoms with van der Waals surface area (Å²) in [5.74, 6) is -0.574. The normalized spacial score (nSPS) is 11.4. The minimum atomic E-state index is -4.80. The van der Waals surface area contributed by atoms with E-state index in [-0.39, 0.29) is 16.9 Å². The topological polar surface area (TPSA) is 29.5 Å². The molecule has 0 amide bonds. The maximum absolute atomic E-state index is 12.3. The van der Waals surface area contributed by atoms with Crippen LogP contribution in [0.25, 0.3) is 11.1 Å². The molecule has 0 heterocycles. The molecule has 0 saturated heterocycles. The van der Waals surface area contributed by atoms with Crippen molar-refractivity contribution in [1.82, 2.24) is 0 Å². The van der Waals surface area contributed by atoms with E-state index in [0.29, 0.717) is 5.02 Å². The smallest absolute Gasteiger partial charge is 0.507 e. The van der Waals surface area contributed by atoms with Gasteiger partial charge >= 0.3 is 6.36 Å². The van der Waals surface area contributed by atoms with E-state index in [0.717, 1.165) is 0 Å². The van der Waals surface area contributed by atoms with Crippen LogP contribution in [-0.4, -0.2) is 11.5 Å². The fourth-order valence-corrected chi connectivity index (χ4v) is 1.80. The zero-order chi connectivity index (χ0) is 14.0. The molecule has 0 saturated carbocycles. The van der Waals surface area contributed by atoms with Crippen molar-refractivity contribution in [3.05, 3.63) is 47.5 Å². The molecule has 2 aromatic rings. The standard InChI is InChI=1S/C13H8ClF3O2/c14-8-5-6-11(18)10(7-8)9-3-1-2-4-12(9)19-13(15,16)17/h1-7,18H. The second-order valence-electron chi connectivity index (χ2n) is 3.71. The van der Waals surface area contributed by atoms with Gasteiger partial charge < -0.3 is 9.84 Å². The highest BCUT2D eigenvalue weighted by atomic mass is 35.5. The summed E-state index contributed by atoms with van der Waals surface area (Å²) in [4.78, 5) is 0. The first kappa shape index (κ1) is 13.5. The molecule has 0 unspecified atom stereocenters. The van der Waals surface area contributed by atoms with Crippen molar-refractivity contribution in [3.8, 4) is 22.6 Å². The Balaban J connectivity index is 2.53. The lowest BCUT2D eigenvalue weighted by atomic mass is 10.0. The van der Waals surface area contributed by atoms with Gasteiger partial charge in [0.25, 0.3) is 0 Å². The van der Waals surface area contributed by atoms with Gasteiger partial charge in [0.2, 0.25) is 0 Å². The van der Waals surface area contributed by atoms with Gasteiger partial charge in [0.05, 0.1) is 0 Å². The van der Waals surface area contributed by atoms with Gasteiger partial charge in [0, 0.05) is 16.1 Å². The van der Waals surface area contributed by atoms with Crippen molar-refractivity contribution >= 4 is 11.6 Å². The number of phenolic OH excluding ortho intramolecular Hbond substituents is 1. The quantitative estimate of drug-likeness (QED) is 0.874. The van der Waals surface area contributed by atoms with E-state index < -0.39 is 12.1 Å². The number of halogens is 4. The molecular formula is C13H8ClF3O2. The second-order valence-corrected chi connectivity index (χ2v) is 4.14. The summed E-state index contributed by atoms with van der Waals surface area (Å²) in [6, 6.07) is 9.64. The van der Waals surface area contributed by atoms with E-state index in [1.807, 2.05) is 0 Å². The van der Waals surface area contributed by atoms with Crippen LogP contribution in [0.3, 0.4) is 0 Å². The summed E-state index contributed by atoms with van der Waals surface area (Å²) in [6.45, 7) is 0. The summed E-state index contributed by atoms with van der Waals surface area (Å²) in [5.41, 5.74) is 0.284. The van der Waals surface area contributed by atoms with Gasteiger partial charge in [0.15, 0.2) is 0 Å². The maximum atomic E-state index is 12.3.